The van der Waals surface area contributed by atoms with E-state index in [9.17, 15) is 0 Å². The summed E-state index contributed by atoms with van der Waals surface area (Å²) in [4.78, 5) is 0. The van der Waals surface area contributed by atoms with Crippen LogP contribution in [0.2, 0.25) is 0 Å². The van der Waals surface area contributed by atoms with Crippen LogP contribution >= 0.6 is 0 Å². The second kappa shape index (κ2) is 15.3. The Morgan fingerprint density at radius 3 is 2.26 bits per heavy atom. The fourth-order valence-corrected chi connectivity index (χ4v) is 2.04. The quantitative estimate of drug-likeness (QED) is 0.213. The van der Waals surface area contributed by atoms with Gasteiger partial charge in [-0.25, -0.2) is 0 Å². The molecule has 0 saturated heterocycles. The predicted octanol–water partition coefficient (Wildman–Crippen LogP) is 6.40. The van der Waals surface area contributed by atoms with Crippen LogP contribution in [-0.2, 0) is 4.74 Å². The fourth-order valence-electron chi connectivity index (χ4n) is 2.04. The predicted molar refractivity (Wildman–Crippen MR) is 86.4 cm³/mol. The van der Waals surface area contributed by atoms with Gasteiger partial charge >= 0.3 is 0 Å². The van der Waals surface area contributed by atoms with E-state index in [-0.39, 0.29) is 0 Å². The molecule has 0 radical (unpaired) electrons. The maximum absolute atomic E-state index is 5.54. The molecule has 19 heavy (non-hydrogen) atoms. The van der Waals surface area contributed by atoms with Crippen LogP contribution in [0, 0.1) is 0 Å². The minimum Gasteiger partial charge on any atom is -0.501 e. The highest BCUT2D eigenvalue weighted by atomic mass is 16.5. The maximum Gasteiger partial charge on any atom is 0.0907 e. The Morgan fingerprint density at radius 1 is 0.895 bits per heavy atom. The van der Waals surface area contributed by atoms with Gasteiger partial charge < -0.3 is 4.74 Å². The highest BCUT2D eigenvalue weighted by molar-refractivity contribution is 4.92. The lowest BCUT2D eigenvalue weighted by atomic mass is 10.1. The molecule has 0 aromatic rings. The van der Waals surface area contributed by atoms with Crippen LogP contribution in [0.25, 0.3) is 0 Å². The molecular formula is C18H34O. The number of rotatable bonds is 13. The smallest absolute Gasteiger partial charge is 0.0907 e. The average Bonchev–Trinajstić information content (AvgIpc) is 2.41. The molecule has 112 valence electrons. The summed E-state index contributed by atoms with van der Waals surface area (Å²) in [5.41, 5.74) is 1.38. The molecule has 1 nitrogen and oxygen atoms in total. The Labute approximate surface area is 121 Å². The molecule has 0 saturated carbocycles. The van der Waals surface area contributed by atoms with Crippen LogP contribution in [0.3, 0.4) is 0 Å². The van der Waals surface area contributed by atoms with E-state index in [0.717, 1.165) is 19.4 Å². The summed E-state index contributed by atoms with van der Waals surface area (Å²) in [6.45, 7) is 7.42. The molecular weight excluding hydrogens is 232 g/mol. The summed E-state index contributed by atoms with van der Waals surface area (Å²) in [6, 6.07) is 0. The van der Waals surface area contributed by atoms with Gasteiger partial charge in [0.05, 0.1) is 12.9 Å². The van der Waals surface area contributed by atoms with Crippen molar-refractivity contribution in [2.24, 2.45) is 0 Å². The topological polar surface area (TPSA) is 9.23 Å². The molecule has 0 heterocycles. The lowest BCUT2D eigenvalue weighted by Crippen LogP contribution is -1.87. The first-order chi connectivity index (χ1) is 9.31. The third kappa shape index (κ3) is 15.2. The highest BCUT2D eigenvalue weighted by Gasteiger charge is 1.93. The molecule has 0 aromatic carbocycles. The lowest BCUT2D eigenvalue weighted by Gasteiger charge is -2.03. The van der Waals surface area contributed by atoms with Gasteiger partial charge in [-0.3, -0.25) is 0 Å². The van der Waals surface area contributed by atoms with Crippen molar-refractivity contribution in [1.82, 2.24) is 0 Å². The number of allylic oxidation sites excluding steroid dienone is 2. The summed E-state index contributed by atoms with van der Waals surface area (Å²) in [5.74, 6) is 0. The SMILES string of the molecule is CC/C=C\CCOC=C(C)CCCCCCCCC. The molecule has 0 aliphatic heterocycles. The molecule has 0 unspecified atom stereocenters. The molecule has 0 bridgehead atoms. The normalized spacial score (nSPS) is 12.3. The van der Waals surface area contributed by atoms with Crippen LogP contribution in [0.15, 0.2) is 24.0 Å². The van der Waals surface area contributed by atoms with Crippen LogP contribution in [-0.4, -0.2) is 6.61 Å². The third-order valence-corrected chi connectivity index (χ3v) is 3.26. The molecule has 0 fully saturated rings. The van der Waals surface area contributed by atoms with Crippen LogP contribution in [0.1, 0.15) is 85.0 Å². The van der Waals surface area contributed by atoms with E-state index < -0.39 is 0 Å². The van der Waals surface area contributed by atoms with Crippen molar-refractivity contribution < 1.29 is 4.74 Å². The average molecular weight is 266 g/mol. The maximum atomic E-state index is 5.54. The van der Waals surface area contributed by atoms with Gasteiger partial charge in [-0.05, 0) is 38.2 Å². The van der Waals surface area contributed by atoms with Gasteiger partial charge in [-0.15, -0.1) is 0 Å². The second-order valence-corrected chi connectivity index (χ2v) is 5.37. The summed E-state index contributed by atoms with van der Waals surface area (Å²) < 4.78 is 5.54. The van der Waals surface area contributed by atoms with Gasteiger partial charge in [0.25, 0.3) is 0 Å². The summed E-state index contributed by atoms with van der Waals surface area (Å²) in [6.07, 6.45) is 19.3. The van der Waals surface area contributed by atoms with Crippen molar-refractivity contribution in [2.75, 3.05) is 6.61 Å². The number of unbranched alkanes of at least 4 members (excludes halogenated alkanes) is 6. The van der Waals surface area contributed by atoms with Gasteiger partial charge in [0, 0.05) is 0 Å². The molecule has 0 N–H and O–H groups in total. The van der Waals surface area contributed by atoms with Crippen molar-refractivity contribution in [3.8, 4) is 0 Å². The summed E-state index contributed by atoms with van der Waals surface area (Å²) in [5, 5.41) is 0. The van der Waals surface area contributed by atoms with E-state index >= 15 is 0 Å². The van der Waals surface area contributed by atoms with Crippen molar-refractivity contribution in [3.63, 3.8) is 0 Å². The van der Waals surface area contributed by atoms with Gasteiger partial charge in [-0.1, -0.05) is 64.5 Å². The summed E-state index contributed by atoms with van der Waals surface area (Å²) in [7, 11) is 0. The molecule has 0 aromatic heterocycles. The van der Waals surface area contributed by atoms with E-state index in [4.69, 9.17) is 4.74 Å². The second-order valence-electron chi connectivity index (χ2n) is 5.37. The molecule has 0 atom stereocenters. The van der Waals surface area contributed by atoms with E-state index in [1.807, 2.05) is 6.26 Å². The Morgan fingerprint density at radius 2 is 1.58 bits per heavy atom. The summed E-state index contributed by atoms with van der Waals surface area (Å²) >= 11 is 0. The monoisotopic (exact) mass is 266 g/mol. The fraction of sp³-hybridized carbons (Fsp3) is 0.778. The van der Waals surface area contributed by atoms with E-state index in [0.29, 0.717) is 0 Å². The third-order valence-electron chi connectivity index (χ3n) is 3.26. The van der Waals surface area contributed by atoms with Crippen molar-refractivity contribution in [1.29, 1.82) is 0 Å². The van der Waals surface area contributed by atoms with Gasteiger partial charge in [0.1, 0.15) is 0 Å². The zero-order chi connectivity index (χ0) is 14.2. The van der Waals surface area contributed by atoms with Gasteiger partial charge in [0.2, 0.25) is 0 Å². The van der Waals surface area contributed by atoms with Crippen molar-refractivity contribution >= 4 is 0 Å². The number of ether oxygens (including phenoxy) is 1. The van der Waals surface area contributed by atoms with Crippen LogP contribution in [0.5, 0.6) is 0 Å². The zero-order valence-corrected chi connectivity index (χ0v) is 13.4. The van der Waals surface area contributed by atoms with Crippen LogP contribution < -0.4 is 0 Å². The zero-order valence-electron chi connectivity index (χ0n) is 13.4. The van der Waals surface area contributed by atoms with E-state index in [1.54, 1.807) is 0 Å². The molecule has 0 aliphatic carbocycles. The highest BCUT2D eigenvalue weighted by Crippen LogP contribution is 2.12. The molecule has 0 amide bonds. The minimum absolute atomic E-state index is 0.810. The molecule has 0 spiro atoms. The minimum atomic E-state index is 0.810. The Balaban J connectivity index is 3.32. The standard InChI is InChI=1S/C18H34O/c1-4-6-8-10-11-12-13-15-18(3)17-19-16-14-9-7-5-2/h7,9,17H,4-6,8,10-16H2,1-3H3/b9-7-,18-17?. The first kappa shape index (κ1) is 18.3. The van der Waals surface area contributed by atoms with E-state index in [2.05, 4.69) is 32.9 Å². The first-order valence-corrected chi connectivity index (χ1v) is 8.23. The van der Waals surface area contributed by atoms with Crippen molar-refractivity contribution in [3.05, 3.63) is 24.0 Å². The Hall–Kier alpha value is -0.720. The first-order valence-electron chi connectivity index (χ1n) is 8.23. The number of hydrogen-bond donors (Lipinski definition) is 0. The molecule has 0 aliphatic rings. The van der Waals surface area contributed by atoms with Crippen LogP contribution in [0.4, 0.5) is 0 Å². The Bertz CT molecular complexity index is 228. The van der Waals surface area contributed by atoms with E-state index in [1.165, 1.54) is 56.9 Å². The molecule has 1 heteroatoms. The van der Waals surface area contributed by atoms with Crippen molar-refractivity contribution in [2.45, 2.75) is 85.0 Å². The van der Waals surface area contributed by atoms with Gasteiger partial charge in [0.15, 0.2) is 0 Å². The van der Waals surface area contributed by atoms with Gasteiger partial charge in [-0.2, -0.15) is 0 Å². The molecule has 0 rings (SSSR count). The largest absolute Gasteiger partial charge is 0.501 e. The Kier molecular flexibility index (Phi) is 14.8. The number of hydrogen-bond acceptors (Lipinski definition) is 1. The lowest BCUT2D eigenvalue weighted by molar-refractivity contribution is 0.252.